The first-order chi connectivity index (χ1) is 11.4. The molecule has 0 N–H and O–H groups in total. The van der Waals surface area contributed by atoms with Gasteiger partial charge in [-0.05, 0) is 18.9 Å². The molecule has 1 aliphatic rings. The van der Waals surface area contributed by atoms with Crippen LogP contribution in [0, 0.1) is 5.92 Å². The average Bonchev–Trinajstić information content (AvgIpc) is 2.81. The van der Waals surface area contributed by atoms with Crippen molar-refractivity contribution in [2.75, 3.05) is 6.61 Å². The summed E-state index contributed by atoms with van der Waals surface area (Å²) < 4.78 is 7.69. The molecule has 2 heterocycles. The van der Waals surface area contributed by atoms with Gasteiger partial charge in [-0.25, -0.2) is 9.97 Å². The van der Waals surface area contributed by atoms with Crippen molar-refractivity contribution in [2.45, 2.75) is 51.7 Å². The number of hydrogen-bond donors (Lipinski definition) is 0. The van der Waals surface area contributed by atoms with Crippen molar-refractivity contribution in [1.82, 2.24) is 14.5 Å². The summed E-state index contributed by atoms with van der Waals surface area (Å²) in [6, 6.07) is 1.11. The molecular formula is C17H24ClN3O2Si. The Morgan fingerprint density at radius 2 is 2.12 bits per heavy atom. The molecule has 130 valence electrons. The fraction of sp³-hybridized carbons (Fsp3) is 0.588. The Labute approximate surface area is 148 Å². The fourth-order valence-corrected chi connectivity index (χ4v) is 3.79. The van der Waals surface area contributed by atoms with E-state index in [1.807, 2.05) is 10.8 Å². The monoisotopic (exact) mass is 365 g/mol. The highest BCUT2D eigenvalue weighted by Crippen LogP contribution is 2.34. The molecule has 1 saturated carbocycles. The molecule has 0 radical (unpaired) electrons. The van der Waals surface area contributed by atoms with Gasteiger partial charge in [-0.3, -0.25) is 4.79 Å². The van der Waals surface area contributed by atoms with Gasteiger partial charge in [0.1, 0.15) is 23.9 Å². The largest absolute Gasteiger partial charge is 0.361 e. The van der Waals surface area contributed by atoms with Crippen LogP contribution in [0.5, 0.6) is 0 Å². The van der Waals surface area contributed by atoms with Crippen LogP contribution in [0.4, 0.5) is 0 Å². The quantitative estimate of drug-likeness (QED) is 0.316. The topological polar surface area (TPSA) is 57.0 Å². The van der Waals surface area contributed by atoms with Gasteiger partial charge in [0.05, 0.1) is 5.39 Å². The number of halogens is 1. The van der Waals surface area contributed by atoms with Crippen LogP contribution in [-0.4, -0.2) is 35.0 Å². The van der Waals surface area contributed by atoms with E-state index in [4.69, 9.17) is 16.3 Å². The summed E-state index contributed by atoms with van der Waals surface area (Å²) in [5.41, 5.74) is 1.31. The molecule has 0 spiro atoms. The summed E-state index contributed by atoms with van der Waals surface area (Å²) in [6.07, 6.45) is 6.31. The van der Waals surface area contributed by atoms with Crippen LogP contribution in [0.3, 0.4) is 0 Å². The molecule has 2 aromatic heterocycles. The molecular weight excluding hydrogens is 342 g/mol. The highest BCUT2D eigenvalue weighted by atomic mass is 35.5. The van der Waals surface area contributed by atoms with E-state index in [2.05, 4.69) is 29.6 Å². The summed E-state index contributed by atoms with van der Waals surface area (Å²) >= 11 is 6.25. The van der Waals surface area contributed by atoms with Crippen molar-refractivity contribution in [1.29, 1.82) is 0 Å². The van der Waals surface area contributed by atoms with Gasteiger partial charge < -0.3 is 9.30 Å². The molecule has 0 aliphatic heterocycles. The first-order valence-corrected chi connectivity index (χ1v) is 12.6. The van der Waals surface area contributed by atoms with Gasteiger partial charge in [-0.15, -0.1) is 0 Å². The van der Waals surface area contributed by atoms with Crippen LogP contribution in [-0.2, 0) is 11.5 Å². The standard InChI is InChI=1S/C17H24ClN3O2Si/c1-24(2,3)8-7-23-11-21-9-13(15(22)12-5-4-6-12)14-16(18)19-10-20-17(14)21/h9-10,12H,4-8,11H2,1-3H3. The van der Waals surface area contributed by atoms with Gasteiger partial charge >= 0.3 is 0 Å². The minimum Gasteiger partial charge on any atom is -0.361 e. The zero-order valence-corrected chi connectivity index (χ0v) is 16.3. The van der Waals surface area contributed by atoms with Crippen LogP contribution in [0.15, 0.2) is 12.5 Å². The summed E-state index contributed by atoms with van der Waals surface area (Å²) in [5, 5.41) is 0.994. The molecule has 7 heteroatoms. The number of carbonyl (C=O) groups excluding carboxylic acids is 1. The van der Waals surface area contributed by atoms with Crippen molar-refractivity contribution in [3.63, 3.8) is 0 Å². The van der Waals surface area contributed by atoms with E-state index in [0.717, 1.165) is 31.9 Å². The van der Waals surface area contributed by atoms with Gasteiger partial charge in [0, 0.05) is 32.4 Å². The van der Waals surface area contributed by atoms with Gasteiger partial charge in [0.15, 0.2) is 5.78 Å². The Morgan fingerprint density at radius 1 is 1.38 bits per heavy atom. The van der Waals surface area contributed by atoms with Crippen LogP contribution >= 0.6 is 11.6 Å². The van der Waals surface area contributed by atoms with E-state index in [1.165, 1.54) is 6.33 Å². The molecule has 2 aromatic rings. The number of rotatable bonds is 7. The van der Waals surface area contributed by atoms with Crippen LogP contribution in [0.1, 0.15) is 29.6 Å². The molecule has 24 heavy (non-hydrogen) atoms. The number of ether oxygens (including phenoxy) is 1. The minimum atomic E-state index is -1.12. The Morgan fingerprint density at radius 3 is 2.75 bits per heavy atom. The van der Waals surface area contributed by atoms with Crippen molar-refractivity contribution in [3.8, 4) is 0 Å². The summed E-state index contributed by atoms with van der Waals surface area (Å²) in [5.74, 6) is 0.275. The molecule has 3 rings (SSSR count). The van der Waals surface area contributed by atoms with E-state index >= 15 is 0 Å². The Kier molecular flexibility index (Phi) is 5.08. The lowest BCUT2D eigenvalue weighted by Crippen LogP contribution is -2.22. The van der Waals surface area contributed by atoms with E-state index in [1.54, 1.807) is 0 Å². The maximum Gasteiger partial charge on any atom is 0.168 e. The lowest BCUT2D eigenvalue weighted by molar-refractivity contribution is 0.0847. The number of Topliss-reactive ketones (excluding diaryl/α,β-unsaturated/α-hetero) is 1. The van der Waals surface area contributed by atoms with E-state index in [-0.39, 0.29) is 11.7 Å². The van der Waals surface area contributed by atoms with Gasteiger partial charge in [-0.1, -0.05) is 37.7 Å². The lowest BCUT2D eigenvalue weighted by atomic mass is 9.80. The van der Waals surface area contributed by atoms with Gasteiger partial charge in [0.2, 0.25) is 0 Å². The van der Waals surface area contributed by atoms with Crippen molar-refractivity contribution in [2.24, 2.45) is 5.92 Å². The molecule has 1 aliphatic carbocycles. The highest BCUT2D eigenvalue weighted by molar-refractivity contribution is 6.76. The van der Waals surface area contributed by atoms with Crippen molar-refractivity contribution < 1.29 is 9.53 Å². The molecule has 0 saturated heterocycles. The van der Waals surface area contributed by atoms with Crippen molar-refractivity contribution >= 4 is 36.5 Å². The number of nitrogens with zero attached hydrogens (tertiary/aromatic N) is 3. The third-order valence-corrected chi connectivity index (χ3v) is 6.57. The summed E-state index contributed by atoms with van der Waals surface area (Å²) in [6.45, 7) is 8.07. The fourth-order valence-electron chi connectivity index (χ4n) is 2.80. The second kappa shape index (κ2) is 6.94. The van der Waals surface area contributed by atoms with Crippen LogP contribution < -0.4 is 0 Å². The summed E-state index contributed by atoms with van der Waals surface area (Å²) in [4.78, 5) is 21.1. The molecule has 1 fully saturated rings. The normalized spacial score (nSPS) is 15.7. The molecule has 5 nitrogen and oxygen atoms in total. The maximum atomic E-state index is 12.7. The number of ketones is 1. The van der Waals surface area contributed by atoms with E-state index in [0.29, 0.717) is 28.5 Å². The second-order valence-electron chi connectivity index (χ2n) is 7.72. The molecule has 0 bridgehead atoms. The first kappa shape index (κ1) is 17.6. The number of fused-ring (bicyclic) bond motifs is 1. The number of carbonyl (C=O) groups is 1. The maximum absolute atomic E-state index is 12.7. The molecule has 0 amide bonds. The Hall–Kier alpha value is -1.24. The summed E-state index contributed by atoms with van der Waals surface area (Å²) in [7, 11) is -1.12. The SMILES string of the molecule is C[Si](C)(C)CCOCn1cc(C(=O)C2CCC2)c2c(Cl)ncnc21. The lowest BCUT2D eigenvalue weighted by Gasteiger charge is -2.23. The van der Waals surface area contributed by atoms with Gasteiger partial charge in [0.25, 0.3) is 0 Å². The highest BCUT2D eigenvalue weighted by Gasteiger charge is 2.29. The zero-order valence-electron chi connectivity index (χ0n) is 14.5. The van der Waals surface area contributed by atoms with E-state index < -0.39 is 8.07 Å². The van der Waals surface area contributed by atoms with Crippen LogP contribution in [0.25, 0.3) is 11.0 Å². The predicted molar refractivity (Wildman–Crippen MR) is 98.3 cm³/mol. The first-order valence-electron chi connectivity index (χ1n) is 8.48. The minimum absolute atomic E-state index is 0.119. The third-order valence-electron chi connectivity index (χ3n) is 4.58. The third kappa shape index (κ3) is 3.71. The smallest absolute Gasteiger partial charge is 0.168 e. The number of hydrogen-bond acceptors (Lipinski definition) is 4. The van der Waals surface area contributed by atoms with Crippen LogP contribution in [0.2, 0.25) is 30.8 Å². The Balaban J connectivity index is 1.83. The van der Waals surface area contributed by atoms with E-state index in [9.17, 15) is 4.79 Å². The van der Waals surface area contributed by atoms with Gasteiger partial charge in [-0.2, -0.15) is 0 Å². The zero-order chi connectivity index (χ0) is 17.3. The second-order valence-corrected chi connectivity index (χ2v) is 13.7. The number of aromatic nitrogens is 3. The average molecular weight is 366 g/mol. The Bertz CT molecular complexity index is 750. The molecule has 0 atom stereocenters. The predicted octanol–water partition coefficient (Wildman–Crippen LogP) is 4.38. The molecule has 0 aromatic carbocycles. The van der Waals surface area contributed by atoms with Crippen molar-refractivity contribution in [3.05, 3.63) is 23.2 Å². The molecule has 0 unspecified atom stereocenters.